The van der Waals surface area contributed by atoms with Gasteiger partial charge in [-0.15, -0.1) is 11.3 Å². The van der Waals surface area contributed by atoms with E-state index in [1.54, 1.807) is 12.3 Å². The highest BCUT2D eigenvalue weighted by atomic mass is 32.1. The summed E-state index contributed by atoms with van der Waals surface area (Å²) in [5.41, 5.74) is 3.55. The van der Waals surface area contributed by atoms with Crippen LogP contribution in [0.25, 0.3) is 10.6 Å². The molecule has 2 heterocycles. The quantitative estimate of drug-likeness (QED) is 0.621. The first-order valence-corrected chi connectivity index (χ1v) is 3.51. The van der Waals surface area contributed by atoms with Gasteiger partial charge in [0.15, 0.2) is 5.51 Å². The fraction of sp³-hybridized carbons (Fsp3) is 0. The third-order valence-electron chi connectivity index (χ3n) is 1.08. The van der Waals surface area contributed by atoms with E-state index in [-0.39, 0.29) is 0 Å². The van der Waals surface area contributed by atoms with Gasteiger partial charge in [0.2, 0.25) is 0 Å². The summed E-state index contributed by atoms with van der Waals surface area (Å²) in [5.74, 6) is 0. The van der Waals surface area contributed by atoms with Gasteiger partial charge in [0.25, 0.3) is 0 Å². The molecular formula is C6H3N2OS. The molecule has 0 aliphatic carbocycles. The van der Waals surface area contributed by atoms with Crippen molar-refractivity contribution in [3.63, 3.8) is 0 Å². The van der Waals surface area contributed by atoms with Crippen LogP contribution in [0, 0.1) is 5.51 Å². The lowest BCUT2D eigenvalue weighted by Gasteiger charge is -1.80. The summed E-state index contributed by atoms with van der Waals surface area (Å²) in [4.78, 5) is 4.77. The zero-order valence-electron chi connectivity index (χ0n) is 4.94. The molecule has 0 atom stereocenters. The first-order valence-electron chi connectivity index (χ1n) is 2.69. The zero-order chi connectivity index (χ0) is 6.81. The Morgan fingerprint density at radius 2 is 2.60 bits per heavy atom. The van der Waals surface area contributed by atoms with Crippen LogP contribution in [0.1, 0.15) is 0 Å². The standard InChI is InChI=1S/C6H3N2OS/c1-2-9-8-5(1)6-3-7-4-10-6/h1-3H. The van der Waals surface area contributed by atoms with Crippen LogP contribution in [-0.4, -0.2) is 10.1 Å². The van der Waals surface area contributed by atoms with E-state index >= 15 is 0 Å². The second-order valence-electron chi connectivity index (χ2n) is 1.70. The summed E-state index contributed by atoms with van der Waals surface area (Å²) < 4.78 is 4.65. The van der Waals surface area contributed by atoms with Gasteiger partial charge in [-0.1, -0.05) is 5.16 Å². The SMILES string of the molecule is [c]1ncc(-c2ccon2)s1. The Bertz CT molecular complexity index is 255. The highest BCUT2D eigenvalue weighted by molar-refractivity contribution is 7.12. The van der Waals surface area contributed by atoms with Crippen molar-refractivity contribution in [3.05, 3.63) is 24.0 Å². The van der Waals surface area contributed by atoms with Gasteiger partial charge in [-0.05, 0) is 0 Å². The van der Waals surface area contributed by atoms with Gasteiger partial charge in [-0.2, -0.15) is 0 Å². The predicted molar refractivity (Wildman–Crippen MR) is 36.4 cm³/mol. The maximum Gasteiger partial charge on any atom is 0.152 e. The monoisotopic (exact) mass is 151 g/mol. The van der Waals surface area contributed by atoms with E-state index in [9.17, 15) is 0 Å². The van der Waals surface area contributed by atoms with Gasteiger partial charge >= 0.3 is 0 Å². The minimum atomic E-state index is 0.818. The molecule has 0 saturated heterocycles. The second-order valence-corrected chi connectivity index (χ2v) is 2.53. The number of thiazole rings is 1. The Hall–Kier alpha value is -1.16. The van der Waals surface area contributed by atoms with E-state index < -0.39 is 0 Å². The Morgan fingerprint density at radius 3 is 3.20 bits per heavy atom. The first-order chi connectivity index (χ1) is 4.97. The fourth-order valence-corrected chi connectivity index (χ4v) is 1.16. The van der Waals surface area contributed by atoms with E-state index in [0.29, 0.717) is 0 Å². The van der Waals surface area contributed by atoms with E-state index in [4.69, 9.17) is 0 Å². The number of rotatable bonds is 1. The predicted octanol–water partition coefficient (Wildman–Crippen LogP) is 1.60. The highest BCUT2D eigenvalue weighted by Gasteiger charge is 2.00. The number of hydrogen-bond acceptors (Lipinski definition) is 4. The largest absolute Gasteiger partial charge is 0.364 e. The van der Waals surface area contributed by atoms with Crippen molar-refractivity contribution < 1.29 is 4.52 Å². The molecule has 0 N–H and O–H groups in total. The van der Waals surface area contributed by atoms with E-state index in [1.807, 2.05) is 0 Å². The summed E-state index contributed by atoms with van der Waals surface area (Å²) in [6.45, 7) is 0. The number of hydrogen-bond donors (Lipinski definition) is 0. The molecule has 2 aromatic heterocycles. The average Bonchev–Trinajstić information content (AvgIpc) is 2.59. The lowest BCUT2D eigenvalue weighted by Crippen LogP contribution is -1.66. The van der Waals surface area contributed by atoms with Gasteiger partial charge in [-0.25, -0.2) is 4.98 Å². The summed E-state index contributed by atoms with van der Waals surface area (Å²) in [5, 5.41) is 3.73. The molecule has 1 radical (unpaired) electrons. The Labute approximate surface area is 61.3 Å². The lowest BCUT2D eigenvalue weighted by molar-refractivity contribution is 0.422. The maximum absolute atomic E-state index is 4.65. The third kappa shape index (κ3) is 0.823. The van der Waals surface area contributed by atoms with Crippen LogP contribution in [0.2, 0.25) is 0 Å². The minimum absolute atomic E-state index is 0.818. The first kappa shape index (κ1) is 5.61. The molecule has 4 heteroatoms. The molecular weight excluding hydrogens is 148 g/mol. The molecule has 49 valence electrons. The van der Waals surface area contributed by atoms with E-state index in [0.717, 1.165) is 10.6 Å². The zero-order valence-corrected chi connectivity index (χ0v) is 5.76. The number of nitrogens with zero attached hydrogens (tertiary/aromatic N) is 2. The molecule has 0 amide bonds. The lowest BCUT2D eigenvalue weighted by atomic mass is 10.4. The van der Waals surface area contributed by atoms with Crippen molar-refractivity contribution >= 4 is 11.3 Å². The van der Waals surface area contributed by atoms with Gasteiger partial charge in [0.05, 0.1) is 4.88 Å². The van der Waals surface area contributed by atoms with E-state index in [1.165, 1.54) is 17.6 Å². The highest BCUT2D eigenvalue weighted by Crippen LogP contribution is 2.19. The van der Waals surface area contributed by atoms with Gasteiger partial charge in [-0.3, -0.25) is 0 Å². The molecule has 2 rings (SSSR count). The van der Waals surface area contributed by atoms with Crippen molar-refractivity contribution in [2.75, 3.05) is 0 Å². The van der Waals surface area contributed by atoms with Crippen LogP contribution in [0.15, 0.2) is 23.0 Å². The molecule has 0 fully saturated rings. The van der Waals surface area contributed by atoms with Crippen molar-refractivity contribution in [1.29, 1.82) is 0 Å². The molecule has 0 aliphatic rings. The molecule has 0 aliphatic heterocycles. The van der Waals surface area contributed by atoms with Gasteiger partial charge < -0.3 is 4.52 Å². The fourth-order valence-electron chi connectivity index (χ4n) is 0.645. The Balaban J connectivity index is 2.48. The van der Waals surface area contributed by atoms with Crippen LogP contribution in [-0.2, 0) is 0 Å². The summed E-state index contributed by atoms with van der Waals surface area (Å²) >= 11 is 1.42. The minimum Gasteiger partial charge on any atom is -0.364 e. The molecule has 0 bridgehead atoms. The van der Waals surface area contributed by atoms with Crippen LogP contribution >= 0.6 is 11.3 Å². The Kier molecular flexibility index (Phi) is 1.25. The Morgan fingerprint density at radius 1 is 1.60 bits per heavy atom. The topological polar surface area (TPSA) is 38.9 Å². The smallest absolute Gasteiger partial charge is 0.152 e. The van der Waals surface area contributed by atoms with Crippen LogP contribution in [0.3, 0.4) is 0 Å². The molecule has 3 nitrogen and oxygen atoms in total. The van der Waals surface area contributed by atoms with Crippen LogP contribution < -0.4 is 0 Å². The summed E-state index contributed by atoms with van der Waals surface area (Å²) in [6.07, 6.45) is 3.25. The number of aromatic nitrogens is 2. The van der Waals surface area contributed by atoms with Crippen molar-refractivity contribution in [3.8, 4) is 10.6 Å². The van der Waals surface area contributed by atoms with Crippen LogP contribution in [0.5, 0.6) is 0 Å². The van der Waals surface area contributed by atoms with Crippen molar-refractivity contribution in [2.24, 2.45) is 0 Å². The van der Waals surface area contributed by atoms with Crippen molar-refractivity contribution in [2.45, 2.75) is 0 Å². The summed E-state index contributed by atoms with van der Waals surface area (Å²) in [7, 11) is 0. The van der Waals surface area contributed by atoms with Gasteiger partial charge in [0, 0.05) is 12.3 Å². The van der Waals surface area contributed by atoms with Gasteiger partial charge in [0.1, 0.15) is 12.0 Å². The van der Waals surface area contributed by atoms with Crippen LogP contribution in [0.4, 0.5) is 0 Å². The average molecular weight is 151 g/mol. The molecule has 0 aromatic carbocycles. The molecule has 0 saturated carbocycles. The third-order valence-corrected chi connectivity index (χ3v) is 1.81. The molecule has 10 heavy (non-hydrogen) atoms. The molecule has 0 unspecified atom stereocenters. The normalized spacial score (nSPS) is 10.0. The maximum atomic E-state index is 4.65. The molecule has 0 spiro atoms. The van der Waals surface area contributed by atoms with E-state index in [2.05, 4.69) is 20.2 Å². The second kappa shape index (κ2) is 2.22. The molecule has 2 aromatic rings. The summed E-state index contributed by atoms with van der Waals surface area (Å²) in [6, 6.07) is 1.79. The van der Waals surface area contributed by atoms with Crippen molar-refractivity contribution in [1.82, 2.24) is 10.1 Å².